The summed E-state index contributed by atoms with van der Waals surface area (Å²) in [5.74, 6) is -0.716. The largest absolute Gasteiger partial charge is 0.352 e. The fraction of sp³-hybridized carbons (Fsp3) is 0.481. The maximum atomic E-state index is 13.8. The van der Waals surface area contributed by atoms with E-state index >= 15 is 0 Å². The highest BCUT2D eigenvalue weighted by molar-refractivity contribution is 7.92. The molecular formula is C27H35Cl2N3O4S. The van der Waals surface area contributed by atoms with Gasteiger partial charge in [-0.1, -0.05) is 73.2 Å². The van der Waals surface area contributed by atoms with Crippen molar-refractivity contribution in [1.82, 2.24) is 10.2 Å². The zero-order valence-electron chi connectivity index (χ0n) is 21.5. The lowest BCUT2D eigenvalue weighted by atomic mass is 9.95. The molecule has 1 aliphatic rings. The number of nitrogens with one attached hydrogen (secondary N) is 1. The summed E-state index contributed by atoms with van der Waals surface area (Å²) >= 11 is 12.3. The molecule has 1 aliphatic carbocycles. The number of aryl methyl sites for hydroxylation is 1. The zero-order chi connectivity index (χ0) is 27.2. The third-order valence-electron chi connectivity index (χ3n) is 6.68. The molecule has 1 N–H and O–H groups in total. The molecule has 1 unspecified atom stereocenters. The lowest BCUT2D eigenvalue weighted by Gasteiger charge is -2.34. The second-order valence-corrected chi connectivity index (χ2v) is 12.4. The number of nitrogens with zero attached hydrogens (tertiary/aromatic N) is 2. The maximum absolute atomic E-state index is 13.8. The molecule has 37 heavy (non-hydrogen) atoms. The third-order valence-corrected chi connectivity index (χ3v) is 8.56. The van der Waals surface area contributed by atoms with E-state index in [2.05, 4.69) is 5.32 Å². The van der Waals surface area contributed by atoms with E-state index in [0.29, 0.717) is 27.7 Å². The minimum Gasteiger partial charge on any atom is -0.352 e. The molecule has 0 bridgehead atoms. The second-order valence-electron chi connectivity index (χ2n) is 9.64. The van der Waals surface area contributed by atoms with Gasteiger partial charge in [0.15, 0.2) is 0 Å². The first-order valence-corrected chi connectivity index (χ1v) is 15.2. The van der Waals surface area contributed by atoms with Crippen molar-refractivity contribution in [3.05, 3.63) is 63.6 Å². The Balaban J connectivity index is 1.92. The molecule has 10 heteroatoms. The Morgan fingerprint density at radius 2 is 1.68 bits per heavy atom. The fourth-order valence-electron chi connectivity index (χ4n) is 4.62. The number of carbonyl (C=O) groups excluding carboxylic acids is 2. The molecule has 0 aromatic heterocycles. The Kier molecular flexibility index (Phi) is 10.3. The number of amides is 2. The quantitative estimate of drug-likeness (QED) is 0.420. The Labute approximate surface area is 230 Å². The average Bonchev–Trinajstić information content (AvgIpc) is 2.85. The number of carbonyl (C=O) groups is 2. The van der Waals surface area contributed by atoms with E-state index in [1.165, 1.54) is 4.90 Å². The monoisotopic (exact) mass is 567 g/mol. The number of hydrogen-bond donors (Lipinski definition) is 1. The van der Waals surface area contributed by atoms with Gasteiger partial charge in [0.2, 0.25) is 21.8 Å². The number of hydrogen-bond acceptors (Lipinski definition) is 4. The second kappa shape index (κ2) is 13.0. The third kappa shape index (κ3) is 8.09. The summed E-state index contributed by atoms with van der Waals surface area (Å²) in [6, 6.07) is 11.3. The topological polar surface area (TPSA) is 86.8 Å². The van der Waals surface area contributed by atoms with Crippen LogP contribution >= 0.6 is 23.2 Å². The van der Waals surface area contributed by atoms with Crippen LogP contribution in [0.3, 0.4) is 0 Å². The molecule has 2 aromatic carbocycles. The molecule has 0 heterocycles. The van der Waals surface area contributed by atoms with Crippen LogP contribution < -0.4 is 9.62 Å². The van der Waals surface area contributed by atoms with Crippen LogP contribution in [-0.2, 0) is 26.2 Å². The SMILES string of the molecule is CCC(C(=O)NC1CCCCC1)N(Cc1ccc(Cl)c(Cl)c1)C(=O)CN(c1ccc(C)cc1)S(C)(=O)=O. The van der Waals surface area contributed by atoms with Gasteiger partial charge in [-0.15, -0.1) is 0 Å². The smallest absolute Gasteiger partial charge is 0.244 e. The molecule has 2 amide bonds. The van der Waals surface area contributed by atoms with E-state index in [9.17, 15) is 18.0 Å². The Morgan fingerprint density at radius 3 is 2.24 bits per heavy atom. The normalized spacial score (nSPS) is 15.2. The summed E-state index contributed by atoms with van der Waals surface area (Å²) in [6.07, 6.45) is 6.55. The maximum Gasteiger partial charge on any atom is 0.244 e. The first-order chi connectivity index (χ1) is 17.5. The molecular weight excluding hydrogens is 533 g/mol. The van der Waals surface area contributed by atoms with Gasteiger partial charge in [-0.2, -0.15) is 0 Å². The molecule has 1 atom stereocenters. The lowest BCUT2D eigenvalue weighted by molar-refractivity contribution is -0.140. The van der Waals surface area contributed by atoms with Crippen LogP contribution in [0.4, 0.5) is 5.69 Å². The Bertz CT molecular complexity index is 1200. The van der Waals surface area contributed by atoms with Crippen LogP contribution in [0.5, 0.6) is 0 Å². The van der Waals surface area contributed by atoms with E-state index in [1.54, 1.807) is 42.5 Å². The molecule has 0 spiro atoms. The van der Waals surface area contributed by atoms with Crippen LogP contribution in [0.15, 0.2) is 42.5 Å². The first kappa shape index (κ1) is 29.3. The van der Waals surface area contributed by atoms with Crippen molar-refractivity contribution < 1.29 is 18.0 Å². The van der Waals surface area contributed by atoms with Crippen LogP contribution in [-0.4, -0.2) is 50.0 Å². The first-order valence-electron chi connectivity index (χ1n) is 12.6. The molecule has 1 fully saturated rings. The van der Waals surface area contributed by atoms with E-state index in [1.807, 2.05) is 13.8 Å². The van der Waals surface area contributed by atoms with E-state index in [-0.39, 0.29) is 18.5 Å². The molecule has 0 radical (unpaired) electrons. The molecule has 3 rings (SSSR count). The van der Waals surface area contributed by atoms with Gasteiger partial charge in [-0.05, 0) is 56.0 Å². The predicted molar refractivity (Wildman–Crippen MR) is 149 cm³/mol. The number of sulfonamides is 1. The Hall–Kier alpha value is -2.29. The van der Waals surface area contributed by atoms with Crippen LogP contribution in [0.1, 0.15) is 56.6 Å². The van der Waals surface area contributed by atoms with Gasteiger partial charge in [-0.3, -0.25) is 13.9 Å². The highest BCUT2D eigenvalue weighted by Gasteiger charge is 2.32. The summed E-state index contributed by atoms with van der Waals surface area (Å²) in [4.78, 5) is 28.6. The van der Waals surface area contributed by atoms with Crippen molar-refractivity contribution in [3.8, 4) is 0 Å². The lowest BCUT2D eigenvalue weighted by Crippen LogP contribution is -2.53. The minimum atomic E-state index is -3.77. The van der Waals surface area contributed by atoms with Crippen LogP contribution in [0.25, 0.3) is 0 Å². The molecule has 0 saturated heterocycles. The van der Waals surface area contributed by atoms with Gasteiger partial charge in [0.25, 0.3) is 0 Å². The number of benzene rings is 2. The predicted octanol–water partition coefficient (Wildman–Crippen LogP) is 5.32. The number of rotatable bonds is 10. The van der Waals surface area contributed by atoms with E-state index in [4.69, 9.17) is 23.2 Å². The van der Waals surface area contributed by atoms with Crippen molar-refractivity contribution in [2.24, 2.45) is 0 Å². The van der Waals surface area contributed by atoms with Gasteiger partial charge in [0.1, 0.15) is 12.6 Å². The van der Waals surface area contributed by atoms with Gasteiger partial charge >= 0.3 is 0 Å². The van der Waals surface area contributed by atoms with Crippen molar-refractivity contribution in [2.45, 2.75) is 71.0 Å². The van der Waals surface area contributed by atoms with Crippen molar-refractivity contribution in [3.63, 3.8) is 0 Å². The van der Waals surface area contributed by atoms with Crippen molar-refractivity contribution in [2.75, 3.05) is 17.1 Å². The number of halogens is 2. The highest BCUT2D eigenvalue weighted by Crippen LogP contribution is 2.25. The molecule has 202 valence electrons. The van der Waals surface area contributed by atoms with Crippen molar-refractivity contribution >= 4 is 50.7 Å². The van der Waals surface area contributed by atoms with Gasteiger partial charge in [0, 0.05) is 12.6 Å². The van der Waals surface area contributed by atoms with Crippen molar-refractivity contribution in [1.29, 1.82) is 0 Å². The summed E-state index contributed by atoms with van der Waals surface area (Å²) in [7, 11) is -3.77. The standard InChI is InChI=1S/C27H35Cl2N3O4S/c1-4-25(27(34)30-21-8-6-5-7-9-21)31(17-20-12-15-23(28)24(29)16-20)26(33)18-32(37(3,35)36)22-13-10-19(2)11-14-22/h10-16,21,25H,4-9,17-18H2,1-3H3,(H,30,34). The highest BCUT2D eigenvalue weighted by atomic mass is 35.5. The fourth-order valence-corrected chi connectivity index (χ4v) is 5.79. The molecule has 1 saturated carbocycles. The summed E-state index contributed by atoms with van der Waals surface area (Å²) in [6.45, 7) is 3.39. The Morgan fingerprint density at radius 1 is 1.03 bits per heavy atom. The summed E-state index contributed by atoms with van der Waals surface area (Å²) in [5, 5.41) is 3.84. The van der Waals surface area contributed by atoms with Gasteiger partial charge in [0.05, 0.1) is 22.0 Å². The summed E-state index contributed by atoms with van der Waals surface area (Å²) < 4.78 is 26.5. The minimum absolute atomic E-state index is 0.0808. The zero-order valence-corrected chi connectivity index (χ0v) is 23.9. The summed E-state index contributed by atoms with van der Waals surface area (Å²) in [5.41, 5.74) is 2.04. The molecule has 0 aliphatic heterocycles. The number of anilines is 1. The van der Waals surface area contributed by atoms with Crippen LogP contribution in [0.2, 0.25) is 10.0 Å². The van der Waals surface area contributed by atoms with E-state index in [0.717, 1.165) is 48.2 Å². The molecule has 7 nitrogen and oxygen atoms in total. The van der Waals surface area contributed by atoms with Crippen LogP contribution in [0, 0.1) is 6.92 Å². The van der Waals surface area contributed by atoms with Gasteiger partial charge < -0.3 is 10.2 Å². The van der Waals surface area contributed by atoms with Gasteiger partial charge in [-0.25, -0.2) is 8.42 Å². The average molecular weight is 569 g/mol. The molecule has 2 aromatic rings. The van der Waals surface area contributed by atoms with E-state index < -0.39 is 28.5 Å².